The number of carbonyl (C=O) groups excluding carboxylic acids is 1. The van der Waals surface area contributed by atoms with Crippen LogP contribution < -0.4 is 4.74 Å². The molecular formula is C21H25NO4. The fourth-order valence-corrected chi connectivity index (χ4v) is 6.64. The predicted molar refractivity (Wildman–Crippen MR) is 94.4 cm³/mol. The molecule has 3 aliphatic carbocycles. The summed E-state index contributed by atoms with van der Waals surface area (Å²) in [6, 6.07) is 3.70. The molecule has 26 heavy (non-hydrogen) atoms. The molecule has 2 bridgehead atoms. The number of hydrogen-bond donors (Lipinski definition) is 2. The number of phenols is 1. The number of carbonyl (C=O) groups is 1. The number of hydrogen-bond acceptors (Lipinski definition) is 5. The van der Waals surface area contributed by atoms with Crippen LogP contribution in [0.1, 0.15) is 49.7 Å². The van der Waals surface area contributed by atoms with E-state index in [1.54, 1.807) is 6.07 Å². The Bertz CT molecular complexity index is 818. The summed E-state index contributed by atoms with van der Waals surface area (Å²) in [5.74, 6) is 1.37. The Kier molecular flexibility index (Phi) is 2.86. The maximum absolute atomic E-state index is 12.8. The monoisotopic (exact) mass is 355 g/mol. The Morgan fingerprint density at radius 2 is 2.12 bits per heavy atom. The minimum Gasteiger partial charge on any atom is -0.504 e. The van der Waals surface area contributed by atoms with Crippen LogP contribution in [0.3, 0.4) is 0 Å². The third-order valence-corrected chi connectivity index (χ3v) is 8.09. The van der Waals surface area contributed by atoms with Gasteiger partial charge in [0.05, 0.1) is 11.0 Å². The van der Waals surface area contributed by atoms with E-state index in [4.69, 9.17) is 4.74 Å². The van der Waals surface area contributed by atoms with Gasteiger partial charge in [-0.3, -0.25) is 9.69 Å². The highest BCUT2D eigenvalue weighted by atomic mass is 16.5. The highest BCUT2D eigenvalue weighted by Crippen LogP contribution is 2.64. The molecule has 5 nitrogen and oxygen atoms in total. The first-order valence-corrected chi connectivity index (χ1v) is 10.1. The van der Waals surface area contributed by atoms with Crippen LogP contribution in [0.25, 0.3) is 0 Å². The van der Waals surface area contributed by atoms with Crippen molar-refractivity contribution in [1.82, 2.24) is 4.90 Å². The van der Waals surface area contributed by atoms with E-state index in [-0.39, 0.29) is 17.6 Å². The van der Waals surface area contributed by atoms with Gasteiger partial charge in [-0.2, -0.15) is 0 Å². The molecular weight excluding hydrogens is 330 g/mol. The molecule has 5 aliphatic rings. The molecule has 2 saturated carbocycles. The lowest BCUT2D eigenvalue weighted by atomic mass is 9.49. The molecule has 1 aromatic carbocycles. The van der Waals surface area contributed by atoms with E-state index in [2.05, 4.69) is 4.90 Å². The van der Waals surface area contributed by atoms with Crippen molar-refractivity contribution >= 4 is 5.78 Å². The summed E-state index contributed by atoms with van der Waals surface area (Å²) in [7, 11) is 0. The summed E-state index contributed by atoms with van der Waals surface area (Å²) in [4.78, 5) is 15.3. The number of ether oxygens (including phenoxy) is 1. The van der Waals surface area contributed by atoms with Crippen molar-refractivity contribution in [3.63, 3.8) is 0 Å². The van der Waals surface area contributed by atoms with Crippen LogP contribution in [0.5, 0.6) is 11.5 Å². The van der Waals surface area contributed by atoms with E-state index in [9.17, 15) is 15.0 Å². The summed E-state index contributed by atoms with van der Waals surface area (Å²) in [6.07, 6.45) is 5.65. The molecule has 1 spiro atoms. The summed E-state index contributed by atoms with van der Waals surface area (Å²) >= 11 is 0. The average Bonchev–Trinajstić information content (AvgIpc) is 2.93. The normalized spacial score (nSPS) is 40.7. The molecule has 0 radical (unpaired) electrons. The van der Waals surface area contributed by atoms with Gasteiger partial charge in [0.15, 0.2) is 23.4 Å². The molecule has 1 aromatic rings. The van der Waals surface area contributed by atoms with Gasteiger partial charge in [-0.25, -0.2) is 0 Å². The second kappa shape index (κ2) is 4.82. The topological polar surface area (TPSA) is 70.0 Å². The maximum atomic E-state index is 12.8. The molecule has 0 aromatic heterocycles. The number of ketones is 1. The number of aromatic hydroxyl groups is 1. The number of likely N-dealkylation sites (tertiary alicyclic amines) is 1. The van der Waals surface area contributed by atoms with Crippen LogP contribution in [0.15, 0.2) is 12.1 Å². The van der Waals surface area contributed by atoms with E-state index in [0.717, 1.165) is 43.0 Å². The summed E-state index contributed by atoms with van der Waals surface area (Å²) < 4.78 is 6.06. The minimum absolute atomic E-state index is 0.0408. The summed E-state index contributed by atoms with van der Waals surface area (Å²) in [6.45, 7) is 1.95. The molecule has 138 valence electrons. The lowest BCUT2D eigenvalue weighted by Gasteiger charge is -2.63. The van der Waals surface area contributed by atoms with Crippen LogP contribution >= 0.6 is 0 Å². The smallest absolute Gasteiger partial charge is 0.174 e. The minimum atomic E-state index is -0.945. The van der Waals surface area contributed by atoms with Crippen molar-refractivity contribution in [1.29, 1.82) is 0 Å². The van der Waals surface area contributed by atoms with Crippen molar-refractivity contribution in [3.05, 3.63) is 23.3 Å². The van der Waals surface area contributed by atoms with E-state index < -0.39 is 17.1 Å². The Morgan fingerprint density at radius 3 is 2.88 bits per heavy atom. The summed E-state index contributed by atoms with van der Waals surface area (Å²) in [5.41, 5.74) is 0.449. The number of piperidine rings is 1. The molecule has 1 saturated heterocycles. The van der Waals surface area contributed by atoms with Gasteiger partial charge in [-0.05, 0) is 56.2 Å². The molecule has 4 atom stereocenters. The zero-order chi connectivity index (χ0) is 17.7. The third kappa shape index (κ3) is 1.59. The van der Waals surface area contributed by atoms with Crippen molar-refractivity contribution in [2.24, 2.45) is 5.92 Å². The van der Waals surface area contributed by atoms with Crippen molar-refractivity contribution in [2.45, 2.75) is 68.1 Å². The highest BCUT2D eigenvalue weighted by molar-refractivity contribution is 5.90. The predicted octanol–water partition coefficient (Wildman–Crippen LogP) is 1.92. The molecule has 2 heterocycles. The maximum Gasteiger partial charge on any atom is 0.174 e. The lowest BCUT2D eigenvalue weighted by Crippen LogP contribution is -2.76. The van der Waals surface area contributed by atoms with E-state index in [1.165, 1.54) is 19.3 Å². The second-order valence-corrected chi connectivity index (χ2v) is 9.07. The fourth-order valence-electron chi connectivity index (χ4n) is 6.64. The molecule has 3 fully saturated rings. The van der Waals surface area contributed by atoms with Gasteiger partial charge in [0, 0.05) is 24.6 Å². The van der Waals surface area contributed by atoms with Gasteiger partial charge >= 0.3 is 0 Å². The van der Waals surface area contributed by atoms with Gasteiger partial charge < -0.3 is 14.9 Å². The first kappa shape index (κ1) is 15.5. The third-order valence-electron chi connectivity index (χ3n) is 8.09. The number of Topliss-reactive ketones (excluding diaryl/α,β-unsaturated/α-hetero) is 1. The van der Waals surface area contributed by atoms with Gasteiger partial charge in [-0.15, -0.1) is 0 Å². The zero-order valence-corrected chi connectivity index (χ0v) is 14.9. The van der Waals surface area contributed by atoms with Crippen LogP contribution in [-0.4, -0.2) is 51.7 Å². The van der Waals surface area contributed by atoms with Crippen molar-refractivity contribution < 1.29 is 19.7 Å². The van der Waals surface area contributed by atoms with Crippen LogP contribution in [0.2, 0.25) is 0 Å². The molecule has 5 heteroatoms. The standard InChI is InChI=1S/C21H25NO4/c23-14-5-4-13-10-16-21(25)7-6-15(24)19-20(21,17(13)18(14)26-19)8-9-22(16)11-12-2-1-3-12/h4-5,12,16,19,23,25H,1-3,6-11H2/t16-,19+,20+,21-/m1/s1. The van der Waals surface area contributed by atoms with Crippen LogP contribution in [-0.2, 0) is 16.6 Å². The number of phenolic OH excluding ortho intramolecular Hbond substituents is 1. The molecule has 2 aliphatic heterocycles. The lowest BCUT2D eigenvalue weighted by molar-refractivity contribution is -0.190. The number of benzene rings is 1. The fraction of sp³-hybridized carbons (Fsp3) is 0.667. The Balaban J connectivity index is 1.53. The first-order valence-electron chi connectivity index (χ1n) is 10.1. The Labute approximate surface area is 152 Å². The van der Waals surface area contributed by atoms with Gasteiger partial charge in [-0.1, -0.05) is 12.5 Å². The van der Waals surface area contributed by atoms with Gasteiger partial charge in [0.1, 0.15) is 0 Å². The van der Waals surface area contributed by atoms with Crippen LogP contribution in [0, 0.1) is 5.92 Å². The van der Waals surface area contributed by atoms with Crippen molar-refractivity contribution in [2.75, 3.05) is 13.1 Å². The summed E-state index contributed by atoms with van der Waals surface area (Å²) in [5, 5.41) is 22.4. The molecule has 0 unspecified atom stereocenters. The Morgan fingerprint density at radius 1 is 1.27 bits per heavy atom. The van der Waals surface area contributed by atoms with E-state index in [1.807, 2.05) is 6.07 Å². The first-order chi connectivity index (χ1) is 12.5. The molecule has 0 amide bonds. The number of rotatable bonds is 2. The van der Waals surface area contributed by atoms with E-state index in [0.29, 0.717) is 18.6 Å². The van der Waals surface area contributed by atoms with Gasteiger partial charge in [0.2, 0.25) is 0 Å². The molecule has 6 rings (SSSR count). The molecule has 2 N–H and O–H groups in total. The highest BCUT2D eigenvalue weighted by Gasteiger charge is 2.73. The van der Waals surface area contributed by atoms with E-state index >= 15 is 0 Å². The SMILES string of the molecule is O=C1CC[C@@]2(O)[C@H]3Cc4ccc(O)c5c4[C@@]2(CCN3CC2CCC2)[C@H]1O5. The quantitative estimate of drug-likeness (QED) is 0.848. The Hall–Kier alpha value is -1.59. The number of nitrogens with zero attached hydrogens (tertiary/aromatic N) is 1. The van der Waals surface area contributed by atoms with Crippen molar-refractivity contribution in [3.8, 4) is 11.5 Å². The van der Waals surface area contributed by atoms with Crippen LogP contribution in [0.4, 0.5) is 0 Å². The second-order valence-electron chi connectivity index (χ2n) is 9.07. The van der Waals surface area contributed by atoms with Gasteiger partial charge in [0.25, 0.3) is 0 Å². The number of aliphatic hydroxyl groups is 1. The average molecular weight is 355 g/mol. The largest absolute Gasteiger partial charge is 0.504 e. The zero-order valence-electron chi connectivity index (χ0n) is 14.9.